The highest BCUT2D eigenvalue weighted by Crippen LogP contribution is 2.21. The molecule has 1 aliphatic heterocycles. The molecule has 0 saturated carbocycles. The van der Waals surface area contributed by atoms with Crippen LogP contribution in [0.15, 0.2) is 5.38 Å². The van der Waals surface area contributed by atoms with Crippen molar-refractivity contribution in [1.82, 2.24) is 9.88 Å². The van der Waals surface area contributed by atoms with Gasteiger partial charge in [-0.2, -0.15) is 0 Å². The molecule has 0 spiro atoms. The van der Waals surface area contributed by atoms with E-state index in [9.17, 15) is 0 Å². The summed E-state index contributed by atoms with van der Waals surface area (Å²) in [5.74, 6) is 0. The Hall–Kier alpha value is -0.610. The lowest BCUT2D eigenvalue weighted by Gasteiger charge is -2.19. The summed E-state index contributed by atoms with van der Waals surface area (Å²) in [5, 5.41) is 6.24. The van der Waals surface area contributed by atoms with E-state index in [0.717, 1.165) is 17.7 Å². The summed E-state index contributed by atoms with van der Waals surface area (Å²) in [6, 6.07) is 0.731. The van der Waals surface area contributed by atoms with E-state index in [2.05, 4.69) is 27.5 Å². The second-order valence-electron chi connectivity index (χ2n) is 3.86. The average molecular weight is 211 g/mol. The van der Waals surface area contributed by atoms with Gasteiger partial charge < -0.3 is 5.32 Å². The van der Waals surface area contributed by atoms with E-state index in [1.165, 1.54) is 25.1 Å². The van der Waals surface area contributed by atoms with E-state index in [-0.39, 0.29) is 0 Å². The third-order valence-corrected chi connectivity index (χ3v) is 3.73. The molecule has 0 aliphatic carbocycles. The van der Waals surface area contributed by atoms with Crippen molar-refractivity contribution in [2.24, 2.45) is 0 Å². The summed E-state index contributed by atoms with van der Waals surface area (Å²) in [5.41, 5.74) is 1.20. The summed E-state index contributed by atoms with van der Waals surface area (Å²) in [7, 11) is 1.92. The molecule has 0 bridgehead atoms. The third-order valence-electron chi connectivity index (χ3n) is 2.82. The van der Waals surface area contributed by atoms with E-state index in [1.54, 1.807) is 11.3 Å². The van der Waals surface area contributed by atoms with Crippen molar-refractivity contribution in [3.63, 3.8) is 0 Å². The minimum absolute atomic E-state index is 0.731. The van der Waals surface area contributed by atoms with Crippen molar-refractivity contribution in [2.45, 2.75) is 32.4 Å². The normalized spacial score (nSPS) is 22.9. The Kier molecular flexibility index (Phi) is 3.03. The Morgan fingerprint density at radius 3 is 3.14 bits per heavy atom. The molecule has 1 aromatic heterocycles. The predicted molar refractivity (Wildman–Crippen MR) is 60.8 cm³/mol. The second-order valence-corrected chi connectivity index (χ2v) is 4.71. The van der Waals surface area contributed by atoms with Crippen LogP contribution in [0.4, 0.5) is 5.13 Å². The van der Waals surface area contributed by atoms with Crippen molar-refractivity contribution < 1.29 is 0 Å². The third kappa shape index (κ3) is 2.07. The number of hydrogen-bond acceptors (Lipinski definition) is 4. The lowest BCUT2D eigenvalue weighted by Crippen LogP contribution is -2.26. The Labute approximate surface area is 89.1 Å². The first kappa shape index (κ1) is 9.93. The quantitative estimate of drug-likeness (QED) is 0.830. The van der Waals surface area contributed by atoms with Gasteiger partial charge in [-0.15, -0.1) is 11.3 Å². The van der Waals surface area contributed by atoms with Crippen LogP contribution in [0, 0.1) is 0 Å². The number of anilines is 1. The molecule has 1 atom stereocenters. The Balaban J connectivity index is 1.96. The number of rotatable bonds is 3. The lowest BCUT2D eigenvalue weighted by molar-refractivity contribution is 0.258. The molecule has 3 nitrogen and oxygen atoms in total. The smallest absolute Gasteiger partial charge is 0.182 e. The minimum Gasteiger partial charge on any atom is -0.365 e. The van der Waals surface area contributed by atoms with Crippen LogP contribution in [0.2, 0.25) is 0 Å². The SMILES string of the molecule is CNc1nc(CN2CCCC2C)cs1. The van der Waals surface area contributed by atoms with Crippen LogP contribution in [0.3, 0.4) is 0 Å². The highest BCUT2D eigenvalue weighted by atomic mass is 32.1. The first-order chi connectivity index (χ1) is 6.79. The molecule has 4 heteroatoms. The van der Waals surface area contributed by atoms with Gasteiger partial charge in [-0.1, -0.05) is 0 Å². The molecule has 1 aliphatic rings. The number of aromatic nitrogens is 1. The highest BCUT2D eigenvalue weighted by molar-refractivity contribution is 7.13. The molecule has 14 heavy (non-hydrogen) atoms. The summed E-state index contributed by atoms with van der Waals surface area (Å²) in [6.07, 6.45) is 2.67. The maximum absolute atomic E-state index is 4.49. The number of nitrogens with zero attached hydrogens (tertiary/aromatic N) is 2. The van der Waals surface area contributed by atoms with Gasteiger partial charge in [0, 0.05) is 25.0 Å². The Bertz CT molecular complexity index is 297. The summed E-state index contributed by atoms with van der Waals surface area (Å²) >= 11 is 1.69. The monoisotopic (exact) mass is 211 g/mol. The Morgan fingerprint density at radius 2 is 2.57 bits per heavy atom. The van der Waals surface area contributed by atoms with Gasteiger partial charge in [0.05, 0.1) is 5.69 Å². The van der Waals surface area contributed by atoms with Crippen molar-refractivity contribution >= 4 is 16.5 Å². The van der Waals surface area contributed by atoms with Crippen molar-refractivity contribution in [3.8, 4) is 0 Å². The molecule has 0 amide bonds. The van der Waals surface area contributed by atoms with E-state index in [1.807, 2.05) is 7.05 Å². The first-order valence-corrected chi connectivity index (χ1v) is 6.04. The van der Waals surface area contributed by atoms with Gasteiger partial charge in [0.25, 0.3) is 0 Å². The number of likely N-dealkylation sites (tertiary alicyclic amines) is 1. The van der Waals surface area contributed by atoms with Crippen LogP contribution >= 0.6 is 11.3 Å². The topological polar surface area (TPSA) is 28.2 Å². The molecular formula is C10H17N3S. The number of nitrogens with one attached hydrogen (secondary N) is 1. The number of thiazole rings is 1. The van der Waals surface area contributed by atoms with Crippen molar-refractivity contribution in [1.29, 1.82) is 0 Å². The summed E-state index contributed by atoms with van der Waals surface area (Å²) in [4.78, 5) is 7.00. The molecular weight excluding hydrogens is 194 g/mol. The highest BCUT2D eigenvalue weighted by Gasteiger charge is 2.20. The van der Waals surface area contributed by atoms with E-state index in [0.29, 0.717) is 0 Å². The fraction of sp³-hybridized carbons (Fsp3) is 0.700. The van der Waals surface area contributed by atoms with E-state index < -0.39 is 0 Å². The molecule has 2 heterocycles. The number of hydrogen-bond donors (Lipinski definition) is 1. The van der Waals surface area contributed by atoms with Crippen molar-refractivity contribution in [2.75, 3.05) is 18.9 Å². The molecule has 1 N–H and O–H groups in total. The van der Waals surface area contributed by atoms with Gasteiger partial charge in [-0.05, 0) is 26.3 Å². The molecule has 78 valence electrons. The van der Waals surface area contributed by atoms with Crippen LogP contribution in [-0.4, -0.2) is 29.5 Å². The largest absolute Gasteiger partial charge is 0.365 e. The predicted octanol–water partition coefficient (Wildman–Crippen LogP) is 2.17. The zero-order chi connectivity index (χ0) is 9.97. The molecule has 1 aromatic rings. The molecule has 1 fully saturated rings. The molecule has 1 saturated heterocycles. The average Bonchev–Trinajstić information content (AvgIpc) is 2.77. The van der Waals surface area contributed by atoms with Gasteiger partial charge in [0.2, 0.25) is 0 Å². The van der Waals surface area contributed by atoms with Crippen molar-refractivity contribution in [3.05, 3.63) is 11.1 Å². The molecule has 0 radical (unpaired) electrons. The first-order valence-electron chi connectivity index (χ1n) is 5.16. The maximum atomic E-state index is 4.49. The lowest BCUT2D eigenvalue weighted by atomic mass is 10.2. The summed E-state index contributed by atoms with van der Waals surface area (Å²) in [6.45, 7) is 4.55. The van der Waals surface area contributed by atoms with Gasteiger partial charge in [-0.3, -0.25) is 4.90 Å². The Morgan fingerprint density at radius 1 is 1.71 bits per heavy atom. The van der Waals surface area contributed by atoms with Gasteiger partial charge in [0.15, 0.2) is 5.13 Å². The van der Waals surface area contributed by atoms with Crippen LogP contribution in [-0.2, 0) is 6.54 Å². The summed E-state index contributed by atoms with van der Waals surface area (Å²) < 4.78 is 0. The van der Waals surface area contributed by atoms with E-state index >= 15 is 0 Å². The molecule has 0 aromatic carbocycles. The molecule has 1 unspecified atom stereocenters. The van der Waals surface area contributed by atoms with Gasteiger partial charge in [-0.25, -0.2) is 4.98 Å². The zero-order valence-corrected chi connectivity index (χ0v) is 9.60. The zero-order valence-electron chi connectivity index (χ0n) is 8.79. The maximum Gasteiger partial charge on any atom is 0.182 e. The van der Waals surface area contributed by atoms with Gasteiger partial charge >= 0.3 is 0 Å². The molecule has 2 rings (SSSR count). The minimum atomic E-state index is 0.731. The van der Waals surface area contributed by atoms with Gasteiger partial charge in [0.1, 0.15) is 0 Å². The van der Waals surface area contributed by atoms with Crippen LogP contribution in [0.25, 0.3) is 0 Å². The standard InChI is InChI=1S/C10H17N3S/c1-8-4-3-5-13(8)6-9-7-14-10(11-2)12-9/h7-8H,3-6H2,1-2H3,(H,11,12). The fourth-order valence-corrected chi connectivity index (χ4v) is 2.59. The van der Waals surface area contributed by atoms with Crippen LogP contribution in [0.1, 0.15) is 25.5 Å². The van der Waals surface area contributed by atoms with Crippen LogP contribution < -0.4 is 5.32 Å². The van der Waals surface area contributed by atoms with Crippen LogP contribution in [0.5, 0.6) is 0 Å². The second kappa shape index (κ2) is 4.28. The van der Waals surface area contributed by atoms with E-state index in [4.69, 9.17) is 0 Å². The fourth-order valence-electron chi connectivity index (χ4n) is 1.93.